The van der Waals surface area contributed by atoms with Gasteiger partial charge in [-0.2, -0.15) is 0 Å². The molecule has 0 saturated carbocycles. The smallest absolute Gasteiger partial charge is 0.162 e. The van der Waals surface area contributed by atoms with Crippen molar-refractivity contribution in [2.45, 2.75) is 20.5 Å². The predicted molar refractivity (Wildman–Crippen MR) is 75.9 cm³/mol. The van der Waals surface area contributed by atoms with Gasteiger partial charge >= 0.3 is 0 Å². The van der Waals surface area contributed by atoms with E-state index in [2.05, 4.69) is 5.16 Å². The van der Waals surface area contributed by atoms with Crippen molar-refractivity contribution in [2.24, 2.45) is 0 Å². The summed E-state index contributed by atoms with van der Waals surface area (Å²) in [5.74, 6) is 1.34. The SMILES string of the molecule is Cc1noc(C)c1COc1cc2ccccc2cc1O. The Balaban J connectivity index is 1.89. The van der Waals surface area contributed by atoms with Gasteiger partial charge in [0.25, 0.3) is 0 Å². The van der Waals surface area contributed by atoms with Crippen LogP contribution in [-0.2, 0) is 6.61 Å². The number of aryl methyl sites for hydroxylation is 2. The minimum Gasteiger partial charge on any atom is -0.504 e. The Kier molecular flexibility index (Phi) is 3.06. The molecule has 0 fully saturated rings. The Labute approximate surface area is 116 Å². The summed E-state index contributed by atoms with van der Waals surface area (Å²) in [4.78, 5) is 0. The largest absolute Gasteiger partial charge is 0.504 e. The summed E-state index contributed by atoms with van der Waals surface area (Å²) < 4.78 is 10.8. The Bertz CT molecular complexity index is 742. The van der Waals surface area contributed by atoms with Crippen molar-refractivity contribution in [1.29, 1.82) is 0 Å². The fourth-order valence-corrected chi connectivity index (χ4v) is 2.18. The number of nitrogens with zero attached hydrogens (tertiary/aromatic N) is 1. The van der Waals surface area contributed by atoms with Gasteiger partial charge in [-0.25, -0.2) is 0 Å². The van der Waals surface area contributed by atoms with Gasteiger partial charge in [-0.15, -0.1) is 0 Å². The number of ether oxygens (including phenoxy) is 1. The van der Waals surface area contributed by atoms with Crippen LogP contribution >= 0.6 is 0 Å². The monoisotopic (exact) mass is 269 g/mol. The molecule has 102 valence electrons. The molecule has 1 heterocycles. The van der Waals surface area contributed by atoms with Crippen molar-refractivity contribution < 1.29 is 14.4 Å². The van der Waals surface area contributed by atoms with Gasteiger partial charge in [-0.1, -0.05) is 29.4 Å². The van der Waals surface area contributed by atoms with Crippen LogP contribution in [0.4, 0.5) is 0 Å². The van der Waals surface area contributed by atoms with Crippen LogP contribution < -0.4 is 4.74 Å². The molecule has 0 amide bonds. The average Bonchev–Trinajstić information content (AvgIpc) is 2.76. The molecular formula is C16H15NO3. The minimum absolute atomic E-state index is 0.135. The van der Waals surface area contributed by atoms with E-state index in [9.17, 15) is 5.11 Å². The number of benzene rings is 2. The Hall–Kier alpha value is -2.49. The fraction of sp³-hybridized carbons (Fsp3) is 0.188. The molecule has 20 heavy (non-hydrogen) atoms. The van der Waals surface area contributed by atoms with Crippen molar-refractivity contribution in [1.82, 2.24) is 5.16 Å². The summed E-state index contributed by atoms with van der Waals surface area (Å²) in [5.41, 5.74) is 1.72. The molecule has 3 rings (SSSR count). The van der Waals surface area contributed by atoms with E-state index in [1.54, 1.807) is 6.07 Å². The van der Waals surface area contributed by atoms with E-state index in [4.69, 9.17) is 9.26 Å². The lowest BCUT2D eigenvalue weighted by Gasteiger charge is -2.09. The normalized spacial score (nSPS) is 10.9. The van der Waals surface area contributed by atoms with Gasteiger partial charge in [0.1, 0.15) is 12.4 Å². The molecule has 3 aromatic rings. The summed E-state index contributed by atoms with van der Waals surface area (Å²) in [6, 6.07) is 11.4. The molecule has 1 aromatic heterocycles. The van der Waals surface area contributed by atoms with E-state index >= 15 is 0 Å². The van der Waals surface area contributed by atoms with Gasteiger partial charge in [-0.05, 0) is 36.8 Å². The zero-order valence-corrected chi connectivity index (χ0v) is 11.4. The first-order valence-corrected chi connectivity index (χ1v) is 6.41. The second kappa shape index (κ2) is 4.89. The molecule has 0 spiro atoms. The van der Waals surface area contributed by atoms with Crippen LogP contribution in [0.3, 0.4) is 0 Å². The molecule has 1 N–H and O–H groups in total. The second-order valence-corrected chi connectivity index (χ2v) is 4.76. The van der Waals surface area contributed by atoms with Crippen LogP contribution in [0.5, 0.6) is 11.5 Å². The molecule has 0 aliphatic carbocycles. The fourth-order valence-electron chi connectivity index (χ4n) is 2.18. The lowest BCUT2D eigenvalue weighted by molar-refractivity contribution is 0.286. The van der Waals surface area contributed by atoms with Crippen LogP contribution in [0, 0.1) is 13.8 Å². The van der Waals surface area contributed by atoms with Gasteiger partial charge in [0, 0.05) is 0 Å². The lowest BCUT2D eigenvalue weighted by Crippen LogP contribution is -1.98. The first-order chi connectivity index (χ1) is 9.65. The summed E-state index contributed by atoms with van der Waals surface area (Å²) >= 11 is 0. The van der Waals surface area contributed by atoms with Gasteiger partial charge in [0.2, 0.25) is 0 Å². The number of hydrogen-bond acceptors (Lipinski definition) is 4. The van der Waals surface area contributed by atoms with Crippen molar-refractivity contribution in [3.8, 4) is 11.5 Å². The molecule has 4 nitrogen and oxygen atoms in total. The zero-order chi connectivity index (χ0) is 14.1. The molecule has 2 aromatic carbocycles. The summed E-state index contributed by atoms with van der Waals surface area (Å²) in [7, 11) is 0. The summed E-state index contributed by atoms with van der Waals surface area (Å²) in [5, 5.41) is 15.9. The highest BCUT2D eigenvalue weighted by molar-refractivity contribution is 5.85. The third-order valence-electron chi connectivity index (χ3n) is 3.38. The highest BCUT2D eigenvalue weighted by Gasteiger charge is 2.11. The first kappa shape index (κ1) is 12.5. The molecular weight excluding hydrogens is 254 g/mol. The van der Waals surface area contributed by atoms with E-state index in [1.807, 2.05) is 44.2 Å². The van der Waals surface area contributed by atoms with Gasteiger partial charge in [0.15, 0.2) is 11.5 Å². The maximum Gasteiger partial charge on any atom is 0.162 e. The number of fused-ring (bicyclic) bond motifs is 1. The maximum atomic E-state index is 10.0. The molecule has 0 saturated heterocycles. The van der Waals surface area contributed by atoms with Crippen LogP contribution in [-0.4, -0.2) is 10.3 Å². The topological polar surface area (TPSA) is 55.5 Å². The summed E-state index contributed by atoms with van der Waals surface area (Å²) in [6.45, 7) is 4.04. The second-order valence-electron chi connectivity index (χ2n) is 4.76. The number of hydrogen-bond donors (Lipinski definition) is 1. The number of aromatic nitrogens is 1. The Morgan fingerprint density at radius 3 is 2.50 bits per heavy atom. The van der Waals surface area contributed by atoms with Crippen LogP contribution in [0.25, 0.3) is 10.8 Å². The lowest BCUT2D eigenvalue weighted by atomic mass is 10.1. The van der Waals surface area contributed by atoms with Crippen LogP contribution in [0.15, 0.2) is 40.9 Å². The van der Waals surface area contributed by atoms with Crippen molar-refractivity contribution >= 4 is 10.8 Å². The third kappa shape index (κ3) is 2.20. The van der Waals surface area contributed by atoms with E-state index in [-0.39, 0.29) is 5.75 Å². The van der Waals surface area contributed by atoms with Gasteiger partial charge in [-0.3, -0.25) is 0 Å². The number of phenols is 1. The number of rotatable bonds is 3. The maximum absolute atomic E-state index is 10.0. The quantitative estimate of drug-likeness (QED) is 0.787. The number of aromatic hydroxyl groups is 1. The average molecular weight is 269 g/mol. The third-order valence-corrected chi connectivity index (χ3v) is 3.38. The van der Waals surface area contributed by atoms with E-state index < -0.39 is 0 Å². The van der Waals surface area contributed by atoms with Crippen LogP contribution in [0.2, 0.25) is 0 Å². The number of phenolic OH excluding ortho intramolecular Hbond substituents is 1. The standard InChI is InChI=1S/C16H15NO3/c1-10-14(11(2)20-17-10)9-19-16-8-13-6-4-3-5-12(13)7-15(16)18/h3-8,18H,9H2,1-2H3. The first-order valence-electron chi connectivity index (χ1n) is 6.41. The molecule has 0 radical (unpaired) electrons. The molecule has 0 atom stereocenters. The zero-order valence-electron chi connectivity index (χ0n) is 11.4. The minimum atomic E-state index is 0.135. The van der Waals surface area contributed by atoms with E-state index in [1.165, 1.54) is 0 Å². The van der Waals surface area contributed by atoms with E-state index in [0.29, 0.717) is 12.4 Å². The van der Waals surface area contributed by atoms with Crippen molar-refractivity contribution in [3.63, 3.8) is 0 Å². The predicted octanol–water partition coefficient (Wildman–Crippen LogP) is 3.73. The van der Waals surface area contributed by atoms with Crippen molar-refractivity contribution in [2.75, 3.05) is 0 Å². The highest BCUT2D eigenvalue weighted by atomic mass is 16.5. The molecule has 0 bridgehead atoms. The van der Waals surface area contributed by atoms with Gasteiger partial charge < -0.3 is 14.4 Å². The molecule has 0 aliphatic heterocycles. The molecule has 0 unspecified atom stereocenters. The summed E-state index contributed by atoms with van der Waals surface area (Å²) in [6.07, 6.45) is 0. The molecule has 4 heteroatoms. The Morgan fingerprint density at radius 2 is 1.85 bits per heavy atom. The van der Waals surface area contributed by atoms with Crippen molar-refractivity contribution in [3.05, 3.63) is 53.4 Å². The molecule has 0 aliphatic rings. The van der Waals surface area contributed by atoms with Crippen LogP contribution in [0.1, 0.15) is 17.0 Å². The highest BCUT2D eigenvalue weighted by Crippen LogP contribution is 2.32. The van der Waals surface area contributed by atoms with E-state index in [0.717, 1.165) is 27.8 Å². The Morgan fingerprint density at radius 1 is 1.15 bits per heavy atom. The van der Waals surface area contributed by atoms with Gasteiger partial charge in [0.05, 0.1) is 11.3 Å².